The van der Waals surface area contributed by atoms with Crippen molar-refractivity contribution in [3.8, 4) is 0 Å². The Bertz CT molecular complexity index is 347. The predicted octanol–water partition coefficient (Wildman–Crippen LogP) is 1.09. The highest BCUT2D eigenvalue weighted by Gasteiger charge is 2.28. The molecule has 1 saturated carbocycles. The molecule has 2 N–H and O–H groups in total. The first-order chi connectivity index (χ1) is 8.88. The first kappa shape index (κ1) is 15.5. The molecule has 1 rings (SSSR count). The van der Waals surface area contributed by atoms with Gasteiger partial charge in [0, 0.05) is 13.8 Å². The first-order valence-corrected chi connectivity index (χ1v) is 6.55. The SMILES string of the molecule is CC(=O)NC(CC1CCC(OC(C)=O)CC1)C(=O)O. The van der Waals surface area contributed by atoms with Crippen molar-refractivity contribution >= 4 is 17.8 Å². The van der Waals surface area contributed by atoms with E-state index in [1.165, 1.54) is 13.8 Å². The van der Waals surface area contributed by atoms with Crippen molar-refractivity contribution in [2.45, 2.75) is 58.1 Å². The predicted molar refractivity (Wildman–Crippen MR) is 67.4 cm³/mol. The third-order valence-corrected chi connectivity index (χ3v) is 3.37. The number of carboxylic acids is 1. The Labute approximate surface area is 112 Å². The lowest BCUT2D eigenvalue weighted by molar-refractivity contribution is -0.148. The number of rotatable bonds is 5. The minimum absolute atomic E-state index is 0.0437. The fraction of sp³-hybridized carbons (Fsp3) is 0.769. The zero-order chi connectivity index (χ0) is 14.4. The lowest BCUT2D eigenvalue weighted by atomic mass is 9.83. The summed E-state index contributed by atoms with van der Waals surface area (Å²) in [5.74, 6) is -1.36. The molecule has 6 nitrogen and oxygen atoms in total. The van der Waals surface area contributed by atoms with Gasteiger partial charge < -0.3 is 15.2 Å². The Hall–Kier alpha value is -1.59. The summed E-state index contributed by atoms with van der Waals surface area (Å²) in [6.07, 6.45) is 3.55. The maximum Gasteiger partial charge on any atom is 0.326 e. The van der Waals surface area contributed by atoms with E-state index in [0.717, 1.165) is 25.7 Å². The van der Waals surface area contributed by atoms with Gasteiger partial charge in [-0.2, -0.15) is 0 Å². The summed E-state index contributed by atoms with van der Waals surface area (Å²) in [5.41, 5.74) is 0. The number of carboxylic acid groups (broad SMARTS) is 1. The summed E-state index contributed by atoms with van der Waals surface area (Å²) >= 11 is 0. The molecule has 0 aliphatic heterocycles. The number of ether oxygens (including phenoxy) is 1. The molecule has 1 aliphatic carbocycles. The van der Waals surface area contributed by atoms with Crippen LogP contribution in [-0.2, 0) is 19.1 Å². The lowest BCUT2D eigenvalue weighted by Gasteiger charge is -2.29. The van der Waals surface area contributed by atoms with E-state index in [9.17, 15) is 14.4 Å². The largest absolute Gasteiger partial charge is 0.480 e. The van der Waals surface area contributed by atoms with Crippen LogP contribution in [0.1, 0.15) is 46.0 Å². The van der Waals surface area contributed by atoms with Crippen LogP contribution >= 0.6 is 0 Å². The van der Waals surface area contributed by atoms with E-state index in [-0.39, 0.29) is 23.9 Å². The first-order valence-electron chi connectivity index (χ1n) is 6.55. The van der Waals surface area contributed by atoms with Gasteiger partial charge in [0.2, 0.25) is 5.91 Å². The van der Waals surface area contributed by atoms with E-state index in [1.807, 2.05) is 0 Å². The third kappa shape index (κ3) is 5.72. The summed E-state index contributed by atoms with van der Waals surface area (Å²) in [5, 5.41) is 11.5. The van der Waals surface area contributed by atoms with Gasteiger partial charge in [0.05, 0.1) is 0 Å². The van der Waals surface area contributed by atoms with Gasteiger partial charge in [-0.3, -0.25) is 9.59 Å². The molecule has 0 spiro atoms. The van der Waals surface area contributed by atoms with Gasteiger partial charge >= 0.3 is 11.9 Å². The molecule has 0 aromatic heterocycles. The number of hydrogen-bond acceptors (Lipinski definition) is 4. The maximum atomic E-state index is 11.0. The van der Waals surface area contributed by atoms with Gasteiger partial charge in [0.25, 0.3) is 0 Å². The van der Waals surface area contributed by atoms with E-state index in [2.05, 4.69) is 5.32 Å². The standard InChI is InChI=1S/C13H21NO5/c1-8(15)14-12(13(17)18)7-10-3-5-11(6-4-10)19-9(2)16/h10-12H,3-7H2,1-2H3,(H,14,15)(H,17,18). The van der Waals surface area contributed by atoms with Crippen molar-refractivity contribution < 1.29 is 24.2 Å². The molecule has 1 atom stereocenters. The van der Waals surface area contributed by atoms with Crippen molar-refractivity contribution in [3.63, 3.8) is 0 Å². The van der Waals surface area contributed by atoms with Gasteiger partial charge in [0.15, 0.2) is 0 Å². The third-order valence-electron chi connectivity index (χ3n) is 3.37. The number of aliphatic carboxylic acids is 1. The molecule has 19 heavy (non-hydrogen) atoms. The summed E-state index contributed by atoms with van der Waals surface area (Å²) in [6, 6.07) is -0.826. The highest BCUT2D eigenvalue weighted by molar-refractivity contribution is 5.82. The topological polar surface area (TPSA) is 92.7 Å². The molecule has 0 heterocycles. The van der Waals surface area contributed by atoms with Gasteiger partial charge in [-0.25, -0.2) is 4.79 Å². The minimum atomic E-state index is -1.00. The summed E-state index contributed by atoms with van der Waals surface area (Å²) in [4.78, 5) is 32.8. The summed E-state index contributed by atoms with van der Waals surface area (Å²) < 4.78 is 5.13. The van der Waals surface area contributed by atoms with E-state index < -0.39 is 12.0 Å². The second-order valence-corrected chi connectivity index (χ2v) is 5.08. The Balaban J connectivity index is 2.40. The Morgan fingerprint density at radius 1 is 1.21 bits per heavy atom. The molecule has 6 heteroatoms. The summed E-state index contributed by atoms with van der Waals surface area (Å²) in [7, 11) is 0. The molecular formula is C13H21NO5. The zero-order valence-corrected chi connectivity index (χ0v) is 11.3. The number of carbonyl (C=O) groups is 3. The Kier molecular flexibility index (Phi) is 5.79. The quantitative estimate of drug-likeness (QED) is 0.730. The number of esters is 1. The van der Waals surface area contributed by atoms with Crippen molar-refractivity contribution in [1.29, 1.82) is 0 Å². The van der Waals surface area contributed by atoms with Gasteiger partial charge in [-0.05, 0) is 38.0 Å². The molecule has 1 unspecified atom stereocenters. The van der Waals surface area contributed by atoms with Crippen LogP contribution in [0, 0.1) is 5.92 Å². The molecule has 0 aromatic carbocycles. The van der Waals surface area contributed by atoms with Crippen molar-refractivity contribution in [3.05, 3.63) is 0 Å². The number of carbonyl (C=O) groups excluding carboxylic acids is 2. The lowest BCUT2D eigenvalue weighted by Crippen LogP contribution is -2.41. The molecule has 0 radical (unpaired) electrons. The summed E-state index contributed by atoms with van der Waals surface area (Å²) in [6.45, 7) is 2.71. The van der Waals surface area contributed by atoms with E-state index in [0.29, 0.717) is 6.42 Å². The minimum Gasteiger partial charge on any atom is -0.480 e. The van der Waals surface area contributed by atoms with E-state index in [4.69, 9.17) is 9.84 Å². The molecule has 1 amide bonds. The highest BCUT2D eigenvalue weighted by atomic mass is 16.5. The van der Waals surface area contributed by atoms with Crippen molar-refractivity contribution in [1.82, 2.24) is 5.32 Å². The maximum absolute atomic E-state index is 11.0. The molecule has 0 saturated heterocycles. The number of amides is 1. The normalized spacial score (nSPS) is 24.3. The Morgan fingerprint density at radius 3 is 2.21 bits per heavy atom. The van der Waals surface area contributed by atoms with Crippen LogP contribution in [0.2, 0.25) is 0 Å². The molecular weight excluding hydrogens is 250 g/mol. The Morgan fingerprint density at radius 2 is 1.79 bits per heavy atom. The highest BCUT2D eigenvalue weighted by Crippen LogP contribution is 2.29. The van der Waals surface area contributed by atoms with Crippen LogP contribution in [0.4, 0.5) is 0 Å². The van der Waals surface area contributed by atoms with Crippen LogP contribution in [0.25, 0.3) is 0 Å². The molecule has 108 valence electrons. The second kappa shape index (κ2) is 7.11. The van der Waals surface area contributed by atoms with E-state index in [1.54, 1.807) is 0 Å². The smallest absolute Gasteiger partial charge is 0.326 e. The average molecular weight is 271 g/mol. The van der Waals surface area contributed by atoms with Gasteiger partial charge in [-0.1, -0.05) is 0 Å². The monoisotopic (exact) mass is 271 g/mol. The van der Waals surface area contributed by atoms with Crippen LogP contribution in [0.15, 0.2) is 0 Å². The van der Waals surface area contributed by atoms with Crippen molar-refractivity contribution in [2.75, 3.05) is 0 Å². The fourth-order valence-electron chi connectivity index (χ4n) is 2.52. The van der Waals surface area contributed by atoms with Crippen LogP contribution in [0.3, 0.4) is 0 Å². The molecule has 1 fully saturated rings. The molecule has 0 aromatic rings. The van der Waals surface area contributed by atoms with Crippen LogP contribution in [-0.4, -0.2) is 35.1 Å². The number of nitrogens with one attached hydrogen (secondary N) is 1. The molecule has 0 bridgehead atoms. The van der Waals surface area contributed by atoms with Gasteiger partial charge in [-0.15, -0.1) is 0 Å². The fourth-order valence-corrected chi connectivity index (χ4v) is 2.52. The average Bonchev–Trinajstić information content (AvgIpc) is 2.29. The van der Waals surface area contributed by atoms with Crippen LogP contribution < -0.4 is 5.32 Å². The van der Waals surface area contributed by atoms with Gasteiger partial charge in [0.1, 0.15) is 12.1 Å². The zero-order valence-electron chi connectivity index (χ0n) is 11.3. The number of hydrogen-bond donors (Lipinski definition) is 2. The van der Waals surface area contributed by atoms with E-state index >= 15 is 0 Å². The molecule has 1 aliphatic rings. The van der Waals surface area contributed by atoms with Crippen LogP contribution in [0.5, 0.6) is 0 Å². The van der Waals surface area contributed by atoms with Crippen molar-refractivity contribution in [2.24, 2.45) is 5.92 Å². The second-order valence-electron chi connectivity index (χ2n) is 5.08.